The third-order valence-electron chi connectivity index (χ3n) is 4.88. The zero-order chi connectivity index (χ0) is 21.4. The summed E-state index contributed by atoms with van der Waals surface area (Å²) in [4.78, 5) is 20.2. The molecule has 31 heavy (non-hydrogen) atoms. The van der Waals surface area contributed by atoms with Gasteiger partial charge in [-0.2, -0.15) is 14.9 Å². The molecule has 0 saturated heterocycles. The summed E-state index contributed by atoms with van der Waals surface area (Å²) < 4.78 is 16.5. The number of pyridine rings is 1. The van der Waals surface area contributed by atoms with Crippen LogP contribution in [0, 0.1) is 5.82 Å². The van der Waals surface area contributed by atoms with E-state index < -0.39 is 11.5 Å². The molecule has 152 valence electrons. The van der Waals surface area contributed by atoms with Gasteiger partial charge in [-0.25, -0.2) is 14.2 Å². The molecule has 9 nitrogen and oxygen atoms in total. The molecule has 0 aliphatic carbocycles. The molecule has 0 bridgehead atoms. The molecule has 0 aliphatic heterocycles. The number of nitrogens with one attached hydrogen (secondary N) is 1. The van der Waals surface area contributed by atoms with E-state index in [2.05, 4.69) is 25.3 Å². The standard InChI is InChI=1S/C21H15FN8O/c22-15-7-4-9-24-16(15)12-29-21(31)30-19(28-29)17(14-8-10-25-26-11-14)18(27-20(30)23)13-5-2-1-3-6-13/h1-11H,12H2,(H2,23,27)/p+1. The number of anilines is 1. The molecule has 1 aromatic carbocycles. The number of nitrogens with two attached hydrogens (primary N) is 1. The summed E-state index contributed by atoms with van der Waals surface area (Å²) in [6.07, 6.45) is 4.59. The Morgan fingerprint density at radius 3 is 2.58 bits per heavy atom. The fourth-order valence-electron chi connectivity index (χ4n) is 3.46. The Morgan fingerprint density at radius 1 is 1.00 bits per heavy atom. The summed E-state index contributed by atoms with van der Waals surface area (Å²) in [5, 5.41) is 12.3. The first kappa shape index (κ1) is 18.6. The van der Waals surface area contributed by atoms with E-state index in [1.807, 2.05) is 30.3 Å². The molecule has 0 radical (unpaired) electrons. The van der Waals surface area contributed by atoms with E-state index in [0.717, 1.165) is 10.2 Å². The van der Waals surface area contributed by atoms with Gasteiger partial charge in [0, 0.05) is 17.3 Å². The smallest absolute Gasteiger partial charge is 0.290 e. The summed E-state index contributed by atoms with van der Waals surface area (Å²) >= 11 is 0. The van der Waals surface area contributed by atoms with Crippen LogP contribution in [0.5, 0.6) is 0 Å². The van der Waals surface area contributed by atoms with Gasteiger partial charge in [0.05, 0.1) is 30.2 Å². The summed E-state index contributed by atoms with van der Waals surface area (Å²) in [6.45, 7) is -0.138. The summed E-state index contributed by atoms with van der Waals surface area (Å²) in [5.74, 6) is -0.424. The van der Waals surface area contributed by atoms with Gasteiger partial charge >= 0.3 is 11.6 Å². The maximum absolute atomic E-state index is 14.1. The number of rotatable bonds is 4. The molecular formula is C21H16FN8O+. The third kappa shape index (κ3) is 3.19. The van der Waals surface area contributed by atoms with Gasteiger partial charge in [-0.3, -0.25) is 10.7 Å². The number of benzene rings is 1. The van der Waals surface area contributed by atoms with Crippen molar-refractivity contribution in [2.45, 2.75) is 6.54 Å². The lowest BCUT2D eigenvalue weighted by Gasteiger charge is -2.08. The van der Waals surface area contributed by atoms with Crippen molar-refractivity contribution < 1.29 is 9.37 Å². The molecule has 0 aliphatic rings. The van der Waals surface area contributed by atoms with Gasteiger partial charge in [0.15, 0.2) is 0 Å². The molecule has 4 aromatic heterocycles. The number of aromatic amines is 1. The van der Waals surface area contributed by atoms with Crippen molar-refractivity contribution in [2.75, 3.05) is 5.73 Å². The first-order chi connectivity index (χ1) is 15.1. The average molecular weight is 415 g/mol. The second kappa shape index (κ2) is 7.41. The van der Waals surface area contributed by atoms with Crippen LogP contribution in [-0.2, 0) is 6.54 Å². The zero-order valence-electron chi connectivity index (χ0n) is 16.1. The number of H-pyrrole nitrogens is 1. The van der Waals surface area contributed by atoms with E-state index in [-0.39, 0.29) is 18.2 Å². The van der Waals surface area contributed by atoms with E-state index in [9.17, 15) is 9.18 Å². The van der Waals surface area contributed by atoms with Crippen molar-refractivity contribution in [1.29, 1.82) is 0 Å². The Morgan fingerprint density at radius 2 is 1.84 bits per heavy atom. The number of hydrogen-bond donors (Lipinski definition) is 1. The van der Waals surface area contributed by atoms with Crippen molar-refractivity contribution >= 4 is 11.6 Å². The first-order valence-corrected chi connectivity index (χ1v) is 9.39. The van der Waals surface area contributed by atoms with Crippen LogP contribution in [-0.4, -0.2) is 29.4 Å². The predicted molar refractivity (Wildman–Crippen MR) is 110 cm³/mol. The quantitative estimate of drug-likeness (QED) is 0.476. The van der Waals surface area contributed by atoms with Gasteiger partial charge in [0.2, 0.25) is 5.65 Å². The van der Waals surface area contributed by atoms with E-state index in [1.165, 1.54) is 22.7 Å². The van der Waals surface area contributed by atoms with Crippen molar-refractivity contribution in [3.8, 4) is 22.4 Å². The Hall–Kier alpha value is -4.47. The monoisotopic (exact) mass is 415 g/mol. The molecule has 5 rings (SSSR count). The molecule has 0 saturated carbocycles. The molecule has 10 heteroatoms. The minimum atomic E-state index is -0.519. The Bertz CT molecular complexity index is 1450. The van der Waals surface area contributed by atoms with E-state index >= 15 is 0 Å². The van der Waals surface area contributed by atoms with Crippen LogP contribution >= 0.6 is 0 Å². The Labute approximate surface area is 174 Å². The highest BCUT2D eigenvalue weighted by Gasteiger charge is 2.26. The van der Waals surface area contributed by atoms with Crippen LogP contribution in [0.3, 0.4) is 0 Å². The minimum absolute atomic E-state index is 0.0948. The summed E-state index contributed by atoms with van der Waals surface area (Å²) in [6, 6.07) is 14.1. The highest BCUT2D eigenvalue weighted by molar-refractivity contribution is 5.88. The zero-order valence-corrected chi connectivity index (χ0v) is 16.1. The van der Waals surface area contributed by atoms with Crippen LogP contribution in [0.15, 0.2) is 71.9 Å². The van der Waals surface area contributed by atoms with Gasteiger partial charge in [-0.1, -0.05) is 30.3 Å². The molecular weight excluding hydrogens is 399 g/mol. The van der Waals surface area contributed by atoms with Crippen LogP contribution in [0.4, 0.5) is 10.3 Å². The summed E-state index contributed by atoms with van der Waals surface area (Å²) in [5.41, 5.74) is 8.93. The summed E-state index contributed by atoms with van der Waals surface area (Å²) in [7, 11) is 0. The van der Waals surface area contributed by atoms with Crippen molar-refractivity contribution in [2.24, 2.45) is 0 Å². The van der Waals surface area contributed by atoms with E-state index in [0.29, 0.717) is 22.5 Å². The molecule has 0 unspecified atom stereocenters. The fourth-order valence-corrected chi connectivity index (χ4v) is 3.46. The Balaban J connectivity index is 1.81. The minimum Gasteiger partial charge on any atom is -0.290 e. The van der Waals surface area contributed by atoms with Gasteiger partial charge in [0.1, 0.15) is 11.5 Å². The lowest BCUT2D eigenvalue weighted by molar-refractivity contribution is -0.351. The van der Waals surface area contributed by atoms with Crippen molar-refractivity contribution in [1.82, 2.24) is 29.4 Å². The normalized spacial score (nSPS) is 11.1. The van der Waals surface area contributed by atoms with Crippen LogP contribution in [0.2, 0.25) is 0 Å². The lowest BCUT2D eigenvalue weighted by Crippen LogP contribution is -2.28. The largest absolute Gasteiger partial charge is 0.411 e. The Kier molecular flexibility index (Phi) is 4.43. The van der Waals surface area contributed by atoms with Crippen molar-refractivity contribution in [3.05, 3.63) is 89.1 Å². The predicted octanol–water partition coefficient (Wildman–Crippen LogP) is 1.60. The molecule has 0 amide bonds. The number of nitrogen functional groups attached to an aromatic ring is 1. The van der Waals surface area contributed by atoms with Gasteiger partial charge in [0.25, 0.3) is 0 Å². The molecule has 0 atom stereocenters. The van der Waals surface area contributed by atoms with E-state index in [1.54, 1.807) is 18.5 Å². The average Bonchev–Trinajstić information content (AvgIpc) is 3.13. The molecule has 5 aromatic rings. The van der Waals surface area contributed by atoms with Crippen LogP contribution in [0.1, 0.15) is 5.69 Å². The number of halogens is 1. The van der Waals surface area contributed by atoms with Gasteiger partial charge in [-0.15, -0.1) is 9.50 Å². The number of hydrogen-bond acceptors (Lipinski definition) is 6. The number of fused-ring (bicyclic) bond motifs is 1. The van der Waals surface area contributed by atoms with Crippen LogP contribution in [0.25, 0.3) is 28.0 Å². The van der Waals surface area contributed by atoms with Crippen LogP contribution < -0.4 is 16.4 Å². The topological polar surface area (TPSA) is 118 Å². The highest BCUT2D eigenvalue weighted by Crippen LogP contribution is 2.31. The van der Waals surface area contributed by atoms with E-state index in [4.69, 9.17) is 5.73 Å². The fraction of sp³-hybridized carbons (Fsp3) is 0.0476. The van der Waals surface area contributed by atoms with Gasteiger partial charge < -0.3 is 0 Å². The molecule has 4 heterocycles. The second-order valence-electron chi connectivity index (χ2n) is 6.79. The molecule has 0 fully saturated rings. The maximum atomic E-state index is 14.1. The maximum Gasteiger partial charge on any atom is 0.411 e. The number of nitrogens with zero attached hydrogens (tertiary/aromatic N) is 6. The first-order valence-electron chi connectivity index (χ1n) is 9.39. The SMILES string of the molecule is Nc1[nH+]c(-c2ccccc2)c(-c2ccnnc2)c2nn(Cc3ncccc3F)c(=O)n12. The molecule has 3 N–H and O–H groups in total. The number of aromatic nitrogens is 7. The lowest BCUT2D eigenvalue weighted by atomic mass is 10.0. The molecule has 0 spiro atoms. The van der Waals surface area contributed by atoms with Crippen molar-refractivity contribution in [3.63, 3.8) is 0 Å². The third-order valence-corrected chi connectivity index (χ3v) is 4.88. The highest BCUT2D eigenvalue weighted by atomic mass is 19.1. The van der Waals surface area contributed by atoms with Gasteiger partial charge in [-0.05, 0) is 18.2 Å². The second-order valence-corrected chi connectivity index (χ2v) is 6.79.